The molecule has 1 aromatic carbocycles. The summed E-state index contributed by atoms with van der Waals surface area (Å²) in [6.07, 6.45) is 0.201. The lowest BCUT2D eigenvalue weighted by atomic mass is 10.2. The molecule has 1 N–H and O–H groups in total. The summed E-state index contributed by atoms with van der Waals surface area (Å²) < 4.78 is 24.9. The fourth-order valence-electron chi connectivity index (χ4n) is 3.05. The SMILES string of the molecule is O=C(O)CCCC(=O)N=C1SC2CS(=O)(=O)CC2N1c1cccc(Br)c1. The lowest BCUT2D eigenvalue weighted by Crippen LogP contribution is -2.37. The summed E-state index contributed by atoms with van der Waals surface area (Å²) in [4.78, 5) is 28.7. The van der Waals surface area contributed by atoms with Gasteiger partial charge in [0.15, 0.2) is 15.0 Å². The highest BCUT2D eigenvalue weighted by atomic mass is 79.9. The molecule has 0 spiro atoms. The number of aliphatic carboxylic acids is 1. The second-order valence-electron chi connectivity index (χ2n) is 6.19. The van der Waals surface area contributed by atoms with Gasteiger partial charge in [0, 0.05) is 28.3 Å². The maximum absolute atomic E-state index is 12.1. The van der Waals surface area contributed by atoms with Crippen LogP contribution in [0.25, 0.3) is 0 Å². The Morgan fingerprint density at radius 3 is 2.77 bits per heavy atom. The minimum atomic E-state index is -3.11. The van der Waals surface area contributed by atoms with E-state index in [1.165, 1.54) is 11.8 Å². The van der Waals surface area contributed by atoms with E-state index in [0.717, 1.165) is 10.2 Å². The summed E-state index contributed by atoms with van der Waals surface area (Å²) in [5.74, 6) is -1.24. The third-order valence-electron chi connectivity index (χ3n) is 4.15. The van der Waals surface area contributed by atoms with Crippen molar-refractivity contribution in [3.63, 3.8) is 0 Å². The van der Waals surface area contributed by atoms with Gasteiger partial charge in [-0.15, -0.1) is 0 Å². The largest absolute Gasteiger partial charge is 0.481 e. The zero-order chi connectivity index (χ0) is 18.9. The predicted octanol–water partition coefficient (Wildman–Crippen LogP) is 2.31. The first kappa shape index (κ1) is 19.4. The molecule has 10 heteroatoms. The van der Waals surface area contributed by atoms with Crippen LogP contribution in [0.3, 0.4) is 0 Å². The highest BCUT2D eigenvalue weighted by Crippen LogP contribution is 2.41. The Morgan fingerprint density at radius 2 is 2.08 bits per heavy atom. The summed E-state index contributed by atoms with van der Waals surface area (Å²) in [5.41, 5.74) is 0.772. The molecule has 2 aliphatic rings. The van der Waals surface area contributed by atoms with E-state index < -0.39 is 21.7 Å². The number of sulfone groups is 1. The lowest BCUT2D eigenvalue weighted by Gasteiger charge is -2.24. The third-order valence-corrected chi connectivity index (χ3v) is 7.86. The van der Waals surface area contributed by atoms with Crippen molar-refractivity contribution < 1.29 is 23.1 Å². The average molecular weight is 461 g/mol. The van der Waals surface area contributed by atoms with Crippen molar-refractivity contribution in [3.05, 3.63) is 28.7 Å². The van der Waals surface area contributed by atoms with Gasteiger partial charge in [-0.2, -0.15) is 4.99 Å². The second-order valence-corrected chi connectivity index (χ2v) is 10.5. The van der Waals surface area contributed by atoms with Crippen LogP contribution < -0.4 is 4.90 Å². The standard InChI is InChI=1S/C16H17BrN2O5S2/c17-10-3-1-4-11(7-10)19-12-8-26(23,24)9-13(12)25-16(19)18-14(20)5-2-6-15(21)22/h1,3-4,7,12-13H,2,5-6,8-9H2,(H,21,22). The molecule has 2 fully saturated rings. The van der Waals surface area contributed by atoms with Gasteiger partial charge in [0.1, 0.15) is 0 Å². The van der Waals surface area contributed by atoms with Crippen molar-refractivity contribution in [3.8, 4) is 0 Å². The molecule has 0 bridgehead atoms. The molecule has 0 aliphatic carbocycles. The van der Waals surface area contributed by atoms with E-state index in [9.17, 15) is 18.0 Å². The maximum atomic E-state index is 12.1. The van der Waals surface area contributed by atoms with E-state index in [0.29, 0.717) is 5.17 Å². The van der Waals surface area contributed by atoms with E-state index in [1.807, 2.05) is 29.2 Å². The zero-order valence-corrected chi connectivity index (χ0v) is 16.9. The predicted molar refractivity (Wildman–Crippen MR) is 104 cm³/mol. The number of aliphatic imine (C=N–C) groups is 1. The number of thioether (sulfide) groups is 1. The van der Waals surface area contributed by atoms with Crippen molar-refractivity contribution in [1.29, 1.82) is 0 Å². The Labute approximate surface area is 163 Å². The maximum Gasteiger partial charge on any atom is 0.303 e. The number of benzene rings is 1. The minimum Gasteiger partial charge on any atom is -0.481 e. The minimum absolute atomic E-state index is 0.0312. The fraction of sp³-hybridized carbons (Fsp3) is 0.438. The number of rotatable bonds is 5. The first-order valence-electron chi connectivity index (χ1n) is 8.00. The molecule has 7 nitrogen and oxygen atoms in total. The normalized spacial score (nSPS) is 25.4. The molecule has 1 amide bonds. The highest BCUT2D eigenvalue weighted by molar-refractivity contribution is 9.10. The summed E-state index contributed by atoms with van der Waals surface area (Å²) in [7, 11) is -3.11. The van der Waals surface area contributed by atoms with Gasteiger partial charge < -0.3 is 10.0 Å². The number of amidine groups is 1. The number of hydrogen-bond donors (Lipinski definition) is 1. The van der Waals surface area contributed by atoms with Crippen LogP contribution in [-0.4, -0.2) is 53.4 Å². The molecule has 0 radical (unpaired) electrons. The molecule has 2 atom stereocenters. The van der Waals surface area contributed by atoms with Crippen molar-refractivity contribution in [2.24, 2.45) is 4.99 Å². The van der Waals surface area contributed by atoms with Crippen LogP contribution in [0.15, 0.2) is 33.7 Å². The van der Waals surface area contributed by atoms with Gasteiger partial charge >= 0.3 is 5.97 Å². The smallest absolute Gasteiger partial charge is 0.303 e. The van der Waals surface area contributed by atoms with E-state index in [-0.39, 0.29) is 42.1 Å². The zero-order valence-electron chi connectivity index (χ0n) is 13.7. The average Bonchev–Trinajstić information content (AvgIpc) is 2.97. The van der Waals surface area contributed by atoms with Gasteiger partial charge in [-0.1, -0.05) is 33.8 Å². The summed E-state index contributed by atoms with van der Waals surface area (Å²) in [6.45, 7) is 0. The van der Waals surface area contributed by atoms with Gasteiger partial charge in [-0.3, -0.25) is 9.59 Å². The number of anilines is 1. The molecule has 0 saturated carbocycles. The van der Waals surface area contributed by atoms with Gasteiger partial charge in [0.2, 0.25) is 5.91 Å². The first-order chi connectivity index (χ1) is 12.2. The topological polar surface area (TPSA) is 104 Å². The number of nitrogens with zero attached hydrogens (tertiary/aromatic N) is 2. The Hall–Kier alpha value is -1.39. The van der Waals surface area contributed by atoms with Crippen molar-refractivity contribution >= 4 is 60.3 Å². The second kappa shape index (κ2) is 7.69. The third kappa shape index (κ3) is 4.47. The number of amides is 1. The van der Waals surface area contributed by atoms with Crippen LogP contribution in [0, 0.1) is 0 Å². The molecule has 3 rings (SSSR count). The molecule has 140 valence electrons. The Kier molecular flexibility index (Phi) is 5.73. The first-order valence-corrected chi connectivity index (χ1v) is 11.5. The number of fused-ring (bicyclic) bond motifs is 1. The molecule has 2 aliphatic heterocycles. The van der Waals surface area contributed by atoms with Gasteiger partial charge in [-0.05, 0) is 24.6 Å². The molecular weight excluding hydrogens is 444 g/mol. The summed E-state index contributed by atoms with van der Waals surface area (Å²) in [6, 6.07) is 7.16. The number of carboxylic acid groups (broad SMARTS) is 1. The summed E-state index contributed by atoms with van der Waals surface area (Å²) >= 11 is 4.71. The van der Waals surface area contributed by atoms with Gasteiger partial charge in [-0.25, -0.2) is 8.42 Å². The van der Waals surface area contributed by atoms with E-state index in [4.69, 9.17) is 5.11 Å². The van der Waals surface area contributed by atoms with Crippen LogP contribution in [0.4, 0.5) is 5.69 Å². The van der Waals surface area contributed by atoms with Gasteiger partial charge in [0.05, 0.1) is 17.5 Å². The molecular formula is C16H17BrN2O5S2. The Balaban J connectivity index is 1.85. The van der Waals surface area contributed by atoms with E-state index in [1.54, 1.807) is 0 Å². The van der Waals surface area contributed by atoms with Gasteiger partial charge in [0.25, 0.3) is 0 Å². The van der Waals surface area contributed by atoms with Crippen molar-refractivity contribution in [2.45, 2.75) is 30.6 Å². The number of hydrogen-bond acceptors (Lipinski definition) is 5. The lowest BCUT2D eigenvalue weighted by molar-refractivity contribution is -0.137. The van der Waals surface area contributed by atoms with Crippen LogP contribution in [0.1, 0.15) is 19.3 Å². The molecule has 26 heavy (non-hydrogen) atoms. The molecule has 1 aromatic rings. The van der Waals surface area contributed by atoms with Crippen molar-refractivity contribution in [2.75, 3.05) is 16.4 Å². The van der Waals surface area contributed by atoms with Crippen LogP contribution >= 0.6 is 27.7 Å². The van der Waals surface area contributed by atoms with Crippen LogP contribution in [0.2, 0.25) is 0 Å². The Morgan fingerprint density at radius 1 is 1.31 bits per heavy atom. The monoisotopic (exact) mass is 460 g/mol. The fourth-order valence-corrected chi connectivity index (χ4v) is 7.36. The molecule has 2 unspecified atom stereocenters. The Bertz CT molecular complexity index is 871. The number of carbonyl (C=O) groups excluding carboxylic acids is 1. The molecule has 2 heterocycles. The number of halogens is 1. The van der Waals surface area contributed by atoms with E-state index >= 15 is 0 Å². The van der Waals surface area contributed by atoms with E-state index in [2.05, 4.69) is 20.9 Å². The molecule has 2 saturated heterocycles. The van der Waals surface area contributed by atoms with Crippen LogP contribution in [0.5, 0.6) is 0 Å². The quantitative estimate of drug-likeness (QED) is 0.718. The van der Waals surface area contributed by atoms with Crippen molar-refractivity contribution in [1.82, 2.24) is 0 Å². The number of carboxylic acids is 1. The molecule has 0 aromatic heterocycles. The van der Waals surface area contributed by atoms with Crippen LogP contribution in [-0.2, 0) is 19.4 Å². The number of carbonyl (C=O) groups is 2. The highest BCUT2D eigenvalue weighted by Gasteiger charge is 2.49. The summed E-state index contributed by atoms with van der Waals surface area (Å²) in [5, 5.41) is 8.98.